The van der Waals surface area contributed by atoms with Crippen molar-refractivity contribution in [2.24, 2.45) is 41.0 Å². The normalized spacial score (nSPS) is 11.2. The molecule has 0 unspecified atom stereocenters. The van der Waals surface area contributed by atoms with E-state index in [0.717, 1.165) is 0 Å². The topological polar surface area (TPSA) is 494 Å². The van der Waals surface area contributed by atoms with E-state index in [2.05, 4.69) is 78.8 Å². The summed E-state index contributed by atoms with van der Waals surface area (Å²) in [7, 11) is 7.99. The van der Waals surface area contributed by atoms with Gasteiger partial charge in [-0.1, -0.05) is 0 Å². The van der Waals surface area contributed by atoms with Crippen molar-refractivity contribution >= 4 is 99.6 Å². The molecule has 6 aromatic rings. The Labute approximate surface area is 604 Å². The number of aromatic nitrogens is 8. The number of rotatable bonds is 48. The second-order valence-electron chi connectivity index (χ2n) is 23.3. The first kappa shape index (κ1) is 82.6. The SMILES string of the molecule is CC(=O)Nc1ccc(OCCOCCOCCNC(=O)CNC(=O)[C@H](CCCN)NC(=O)CCOCCOCCOCCNC(=O)CCNC(=O)c2nc(NC(=O)CCNC(=O)c3cc(NC(=O)c4nc(NC(=O)CCNC(=O)c5cc(NC(=O)c6nccn6C)cn5C)cn4C)cn3C)cn2C)cc1. The van der Waals surface area contributed by atoms with Gasteiger partial charge < -0.3 is 121 Å². The highest BCUT2D eigenvalue weighted by molar-refractivity contribution is 6.05. The van der Waals surface area contributed by atoms with Gasteiger partial charge in [-0.05, 0) is 55.8 Å². The van der Waals surface area contributed by atoms with Gasteiger partial charge in [0.05, 0.1) is 84.0 Å². The fourth-order valence-corrected chi connectivity index (χ4v) is 9.60. The number of aryl methyl sites for hydroxylation is 5. The molecule has 6 rings (SSSR count). The maximum absolute atomic E-state index is 13.3. The fourth-order valence-electron chi connectivity index (χ4n) is 9.60. The zero-order chi connectivity index (χ0) is 76.0. The smallest absolute Gasteiger partial charge is 0.291 e. The molecule has 0 saturated heterocycles. The Morgan fingerprint density at radius 2 is 0.914 bits per heavy atom. The van der Waals surface area contributed by atoms with Crippen molar-refractivity contribution in [3.8, 4) is 5.75 Å². The standard InChI is InChI=1S/C66H93N21O18/c1-43(88)75-44-9-11-47(12-10-44)105-35-34-104-33-30-102-27-23-69-57(93)38-74-61(94)48(8-7-17-67)78-56(92)16-25-100-28-31-103-32-29-101-26-22-68-53(89)13-18-73-64(97)59-81-51(41-86(59)5)79-54(90)14-19-72-63(96)50-37-46(40-85(50)4)77-66(99)60-82-52(42-87(60)6)80-55(91)15-20-71-62(95)49-36-45(39-84(49)3)76-65(98)58-70-21-24-83(58)2/h9-12,21,24,36-37,39-42,48H,7-8,13-20,22-23,25-35,38,67H2,1-6H3,(H,68,89)(H,69,93)(H,71,95)(H,72,96)(H,73,97)(H,74,94)(H,75,88)(H,76,98)(H,77,99)(H,78,92)(H,79,90)(H,80,91)/t48-/m0/s1. The molecule has 0 aliphatic heterocycles. The van der Waals surface area contributed by atoms with Crippen LogP contribution in [-0.4, -0.2) is 233 Å². The molecule has 0 aliphatic carbocycles. The van der Waals surface area contributed by atoms with E-state index in [9.17, 15) is 57.5 Å². The van der Waals surface area contributed by atoms with Crippen LogP contribution < -0.4 is 74.3 Å². The predicted octanol–water partition coefficient (Wildman–Crippen LogP) is -1.21. The molecule has 105 heavy (non-hydrogen) atoms. The molecule has 39 nitrogen and oxygen atoms in total. The van der Waals surface area contributed by atoms with Crippen molar-refractivity contribution < 1.29 is 86.0 Å². The maximum atomic E-state index is 13.3. The molecule has 0 aliphatic rings. The van der Waals surface area contributed by atoms with E-state index in [1.807, 2.05) is 0 Å². The van der Waals surface area contributed by atoms with E-state index in [4.69, 9.17) is 34.2 Å². The Balaban J connectivity index is 0.733. The van der Waals surface area contributed by atoms with Crippen LogP contribution in [0.2, 0.25) is 0 Å². The first-order valence-corrected chi connectivity index (χ1v) is 33.6. The summed E-state index contributed by atoms with van der Waals surface area (Å²) in [5, 5.41) is 31.7. The van der Waals surface area contributed by atoms with E-state index in [-0.39, 0.29) is 176 Å². The molecule has 0 spiro atoms. The van der Waals surface area contributed by atoms with E-state index >= 15 is 0 Å². The first-order valence-electron chi connectivity index (χ1n) is 33.6. The molecule has 5 heterocycles. The number of hydrogen-bond acceptors (Lipinski definition) is 22. The summed E-state index contributed by atoms with van der Waals surface area (Å²) in [5.74, 6) is -4.75. The molecule has 0 saturated carbocycles. The Kier molecular flexibility index (Phi) is 34.8. The summed E-state index contributed by atoms with van der Waals surface area (Å²) in [6, 6.07) is 8.97. The molecule has 1 aromatic carbocycles. The van der Waals surface area contributed by atoms with Crippen LogP contribution in [0.25, 0.3) is 0 Å². The van der Waals surface area contributed by atoms with Crippen LogP contribution in [0, 0.1) is 0 Å². The number of imidazole rings is 3. The van der Waals surface area contributed by atoms with E-state index in [1.165, 1.54) is 62.1 Å². The highest BCUT2D eigenvalue weighted by atomic mass is 16.5. The van der Waals surface area contributed by atoms with Gasteiger partial charge in [0.1, 0.15) is 29.8 Å². The molecule has 39 heteroatoms. The number of ether oxygens (including phenoxy) is 6. The summed E-state index contributed by atoms with van der Waals surface area (Å²) in [6.45, 7) is 4.32. The van der Waals surface area contributed by atoms with Crippen LogP contribution in [-0.2, 0) is 92.5 Å². The molecule has 0 fully saturated rings. The Hall–Kier alpha value is -11.4. The van der Waals surface area contributed by atoms with E-state index in [1.54, 1.807) is 76.5 Å². The lowest BCUT2D eigenvalue weighted by molar-refractivity contribution is -0.131. The van der Waals surface area contributed by atoms with Crippen LogP contribution in [0.3, 0.4) is 0 Å². The van der Waals surface area contributed by atoms with Crippen LogP contribution >= 0.6 is 0 Å². The van der Waals surface area contributed by atoms with Gasteiger partial charge in [0.2, 0.25) is 53.0 Å². The molecular formula is C66H93N21O18. The number of carbonyl (C=O) groups is 12. The minimum Gasteiger partial charge on any atom is -0.491 e. The van der Waals surface area contributed by atoms with Crippen molar-refractivity contribution in [1.82, 2.24) is 75.0 Å². The molecule has 14 N–H and O–H groups in total. The number of carbonyl (C=O) groups excluding carboxylic acids is 12. The summed E-state index contributed by atoms with van der Waals surface area (Å²) < 4.78 is 40.4. The number of amides is 12. The van der Waals surface area contributed by atoms with Crippen LogP contribution in [0.1, 0.15) is 98.3 Å². The molecule has 12 amide bonds. The summed E-state index contributed by atoms with van der Waals surface area (Å²) in [6.07, 6.45) is 9.40. The Bertz CT molecular complexity index is 3900. The monoisotopic (exact) mass is 1470 g/mol. The summed E-state index contributed by atoms with van der Waals surface area (Å²) in [4.78, 5) is 164. The van der Waals surface area contributed by atoms with Gasteiger partial charge in [-0.2, -0.15) is 0 Å². The van der Waals surface area contributed by atoms with Gasteiger partial charge in [-0.25, -0.2) is 15.0 Å². The van der Waals surface area contributed by atoms with Crippen LogP contribution in [0.4, 0.5) is 28.7 Å². The number of nitrogens with two attached hydrogens (primary N) is 1. The van der Waals surface area contributed by atoms with E-state index in [0.29, 0.717) is 56.5 Å². The van der Waals surface area contributed by atoms with Crippen molar-refractivity contribution in [3.05, 3.63) is 102 Å². The first-order chi connectivity index (χ1) is 50.5. The van der Waals surface area contributed by atoms with Gasteiger partial charge in [0.15, 0.2) is 17.5 Å². The quantitative estimate of drug-likeness (QED) is 0.0199. The second-order valence-corrected chi connectivity index (χ2v) is 23.3. The van der Waals surface area contributed by atoms with Crippen molar-refractivity contribution in [2.45, 2.75) is 51.5 Å². The third kappa shape index (κ3) is 29.8. The third-order valence-corrected chi connectivity index (χ3v) is 14.8. The average molecular weight is 1470 g/mol. The molecule has 0 radical (unpaired) electrons. The summed E-state index contributed by atoms with van der Waals surface area (Å²) in [5.41, 5.74) is 7.33. The highest BCUT2D eigenvalue weighted by Gasteiger charge is 2.24. The molecule has 5 aromatic heterocycles. The van der Waals surface area contributed by atoms with Gasteiger partial charge in [-0.15, -0.1) is 0 Å². The highest BCUT2D eigenvalue weighted by Crippen LogP contribution is 2.19. The van der Waals surface area contributed by atoms with E-state index < -0.39 is 65.1 Å². The molecule has 0 bridgehead atoms. The number of benzene rings is 1. The number of hydrogen-bond donors (Lipinski definition) is 13. The number of nitrogens with one attached hydrogen (secondary N) is 12. The largest absolute Gasteiger partial charge is 0.491 e. The maximum Gasteiger partial charge on any atom is 0.291 e. The van der Waals surface area contributed by atoms with Gasteiger partial charge in [-0.3, -0.25) is 57.5 Å². The molecular weight excluding hydrogens is 1370 g/mol. The zero-order valence-electron chi connectivity index (χ0n) is 59.5. The van der Waals surface area contributed by atoms with Gasteiger partial charge in [0, 0.05) is 143 Å². The summed E-state index contributed by atoms with van der Waals surface area (Å²) >= 11 is 0. The predicted molar refractivity (Wildman–Crippen MR) is 379 cm³/mol. The fraction of sp³-hybridized carbons (Fsp3) is 0.470. The van der Waals surface area contributed by atoms with Gasteiger partial charge >= 0.3 is 0 Å². The second kappa shape index (κ2) is 44.2. The third-order valence-electron chi connectivity index (χ3n) is 14.8. The number of nitrogens with zero attached hydrogens (tertiary/aromatic N) is 8. The minimum absolute atomic E-state index is 0.0135. The lowest BCUT2D eigenvalue weighted by Crippen LogP contribution is -2.49. The zero-order valence-corrected chi connectivity index (χ0v) is 59.5. The lowest BCUT2D eigenvalue weighted by Gasteiger charge is -2.18. The number of anilines is 5. The van der Waals surface area contributed by atoms with Crippen LogP contribution in [0.5, 0.6) is 5.75 Å². The average Bonchev–Trinajstić information content (AvgIpc) is 1.69. The van der Waals surface area contributed by atoms with Crippen molar-refractivity contribution in [1.29, 1.82) is 0 Å². The lowest BCUT2D eigenvalue weighted by atomic mass is 10.1. The van der Waals surface area contributed by atoms with Crippen molar-refractivity contribution in [2.75, 3.05) is 145 Å². The van der Waals surface area contributed by atoms with Crippen LogP contribution in [0.15, 0.2) is 73.6 Å². The van der Waals surface area contributed by atoms with Crippen molar-refractivity contribution in [3.63, 3.8) is 0 Å². The Morgan fingerprint density at radius 3 is 1.43 bits per heavy atom. The van der Waals surface area contributed by atoms with Gasteiger partial charge in [0.25, 0.3) is 29.5 Å². The minimum atomic E-state index is -0.903. The Morgan fingerprint density at radius 1 is 0.438 bits per heavy atom. The molecule has 1 atom stereocenters. The molecule has 570 valence electrons.